The largest absolute Gasteiger partial charge is 0.375 e. The first kappa shape index (κ1) is 9.73. The van der Waals surface area contributed by atoms with Crippen molar-refractivity contribution < 1.29 is 0 Å². The van der Waals surface area contributed by atoms with Crippen LogP contribution in [0.2, 0.25) is 0 Å². The summed E-state index contributed by atoms with van der Waals surface area (Å²) >= 11 is 8.82. The molecule has 6 aliphatic rings. The standard InChI is InChI=1S/C12H14BrN3S/c13-10-6-2-1-3-4(6)9-8(10)5(2)7(3)11(9)15-16-12(14)17/h2-10H,1H2,(H3,14,16,17)/b15-11+/t2-,3+,4-,5+,6-,7-,8-,9+,10+/m0/s1. The second-order valence-corrected chi connectivity index (χ2v) is 7.88. The van der Waals surface area contributed by atoms with Crippen molar-refractivity contribution in [1.82, 2.24) is 5.43 Å². The third-order valence-electron chi connectivity index (χ3n) is 6.34. The van der Waals surface area contributed by atoms with Gasteiger partial charge in [-0.25, -0.2) is 0 Å². The zero-order valence-corrected chi connectivity index (χ0v) is 11.6. The summed E-state index contributed by atoms with van der Waals surface area (Å²) in [7, 11) is 0. The van der Waals surface area contributed by atoms with E-state index < -0.39 is 0 Å². The molecule has 90 valence electrons. The SMILES string of the molecule is NC(=S)N/N=C1\[C@H]2[C@@H]3C[C@H]4[C@H]2[C@@H]2[C@H](Br)[C@@H]4[C@H]3[C@@H]12. The Balaban J connectivity index is 1.62. The molecule has 0 spiro atoms. The number of halogens is 1. The Hall–Kier alpha value is -0.160. The zero-order chi connectivity index (χ0) is 11.5. The lowest BCUT2D eigenvalue weighted by Gasteiger charge is -2.32. The minimum Gasteiger partial charge on any atom is -0.375 e. The van der Waals surface area contributed by atoms with Gasteiger partial charge in [0.05, 0.1) is 0 Å². The number of thiocarbonyl (C=S) groups is 1. The molecule has 0 aromatic heterocycles. The molecular weight excluding hydrogens is 298 g/mol. The predicted octanol–water partition coefficient (Wildman–Crippen LogP) is 1.33. The van der Waals surface area contributed by atoms with Crippen molar-refractivity contribution in [3.8, 4) is 0 Å². The maximum Gasteiger partial charge on any atom is 0.184 e. The second kappa shape index (κ2) is 2.72. The van der Waals surface area contributed by atoms with Crippen LogP contribution in [0.25, 0.3) is 0 Å². The number of hydrogen-bond acceptors (Lipinski definition) is 2. The molecule has 6 aliphatic carbocycles. The average molecular weight is 312 g/mol. The summed E-state index contributed by atoms with van der Waals surface area (Å²) in [6.45, 7) is 0. The highest BCUT2D eigenvalue weighted by atomic mass is 79.9. The summed E-state index contributed by atoms with van der Waals surface area (Å²) < 4.78 is 0. The molecule has 17 heavy (non-hydrogen) atoms. The van der Waals surface area contributed by atoms with E-state index in [0.29, 0.717) is 5.11 Å². The Morgan fingerprint density at radius 1 is 1.24 bits per heavy atom. The second-order valence-electron chi connectivity index (χ2n) is 6.38. The maximum atomic E-state index is 5.49. The molecule has 0 heterocycles. The summed E-state index contributed by atoms with van der Waals surface area (Å²) in [5.74, 6) is 7.11. The van der Waals surface area contributed by atoms with E-state index in [1.807, 2.05) is 0 Å². The first-order valence-electron chi connectivity index (χ1n) is 6.47. The fourth-order valence-electron chi connectivity index (χ4n) is 6.49. The number of rotatable bonds is 1. The molecule has 0 amide bonds. The molecule has 6 fully saturated rings. The number of nitrogens with zero attached hydrogens (tertiary/aromatic N) is 1. The molecule has 6 bridgehead atoms. The Bertz CT molecular complexity index is 476. The smallest absolute Gasteiger partial charge is 0.184 e. The summed E-state index contributed by atoms with van der Waals surface area (Å²) in [6, 6.07) is 0. The van der Waals surface area contributed by atoms with Crippen molar-refractivity contribution in [2.45, 2.75) is 11.2 Å². The highest BCUT2D eigenvalue weighted by molar-refractivity contribution is 9.09. The van der Waals surface area contributed by atoms with E-state index in [1.165, 1.54) is 12.1 Å². The van der Waals surface area contributed by atoms with E-state index >= 15 is 0 Å². The lowest BCUT2D eigenvalue weighted by molar-refractivity contribution is 0.132. The van der Waals surface area contributed by atoms with E-state index in [0.717, 1.165) is 52.2 Å². The lowest BCUT2D eigenvalue weighted by atomic mass is 9.71. The molecule has 6 rings (SSSR count). The van der Waals surface area contributed by atoms with Gasteiger partial charge in [-0.3, -0.25) is 5.43 Å². The molecule has 0 radical (unpaired) electrons. The first-order chi connectivity index (χ1) is 8.20. The molecule has 0 saturated heterocycles. The van der Waals surface area contributed by atoms with Crippen molar-refractivity contribution in [3.63, 3.8) is 0 Å². The summed E-state index contributed by atoms with van der Waals surface area (Å²) in [5, 5.41) is 4.85. The van der Waals surface area contributed by atoms with Crippen molar-refractivity contribution in [2.75, 3.05) is 0 Å². The number of hydrogen-bond donors (Lipinski definition) is 2. The molecule has 3 N–H and O–H groups in total. The maximum absolute atomic E-state index is 5.49. The monoisotopic (exact) mass is 311 g/mol. The van der Waals surface area contributed by atoms with Crippen LogP contribution in [0.3, 0.4) is 0 Å². The molecule has 0 aromatic carbocycles. The fraction of sp³-hybridized carbons (Fsp3) is 0.833. The molecular formula is C12H14BrN3S. The van der Waals surface area contributed by atoms with Gasteiger partial charge in [0.2, 0.25) is 0 Å². The van der Waals surface area contributed by atoms with Gasteiger partial charge in [0.1, 0.15) is 0 Å². The number of nitrogens with two attached hydrogens (primary N) is 1. The summed E-state index contributed by atoms with van der Waals surface area (Å²) in [4.78, 5) is 0.764. The van der Waals surface area contributed by atoms with Crippen LogP contribution < -0.4 is 11.2 Å². The van der Waals surface area contributed by atoms with Crippen LogP contribution >= 0.6 is 28.1 Å². The third kappa shape index (κ3) is 0.820. The van der Waals surface area contributed by atoms with Gasteiger partial charge >= 0.3 is 0 Å². The van der Waals surface area contributed by atoms with Crippen LogP contribution in [0, 0.1) is 47.3 Å². The van der Waals surface area contributed by atoms with Gasteiger partial charge < -0.3 is 5.73 Å². The molecule has 0 aliphatic heterocycles. The Morgan fingerprint density at radius 3 is 2.71 bits per heavy atom. The van der Waals surface area contributed by atoms with E-state index in [1.54, 1.807) is 0 Å². The average Bonchev–Trinajstić information content (AvgIpc) is 2.97. The Morgan fingerprint density at radius 2 is 2.00 bits per heavy atom. The van der Waals surface area contributed by atoms with Gasteiger partial charge in [0.15, 0.2) is 5.11 Å². The Labute approximate surface area is 114 Å². The predicted molar refractivity (Wildman–Crippen MR) is 72.6 cm³/mol. The highest BCUT2D eigenvalue weighted by Crippen LogP contribution is 2.82. The van der Waals surface area contributed by atoms with Crippen molar-refractivity contribution in [2.24, 2.45) is 58.2 Å². The Kier molecular flexibility index (Phi) is 1.55. The third-order valence-corrected chi connectivity index (χ3v) is 7.65. The lowest BCUT2D eigenvalue weighted by Crippen LogP contribution is -2.30. The van der Waals surface area contributed by atoms with Crippen molar-refractivity contribution >= 4 is 39.0 Å². The number of nitrogens with one attached hydrogen (secondary N) is 1. The molecule has 6 saturated carbocycles. The topological polar surface area (TPSA) is 50.4 Å². The van der Waals surface area contributed by atoms with Gasteiger partial charge in [-0.1, -0.05) is 15.9 Å². The van der Waals surface area contributed by atoms with Gasteiger partial charge in [-0.2, -0.15) is 5.10 Å². The van der Waals surface area contributed by atoms with Crippen LogP contribution in [0.15, 0.2) is 5.10 Å². The summed E-state index contributed by atoms with van der Waals surface area (Å²) in [6.07, 6.45) is 1.46. The van der Waals surface area contributed by atoms with Crippen molar-refractivity contribution in [3.05, 3.63) is 0 Å². The quantitative estimate of drug-likeness (QED) is 0.436. The zero-order valence-electron chi connectivity index (χ0n) is 9.21. The van der Waals surface area contributed by atoms with Crippen LogP contribution in [0.5, 0.6) is 0 Å². The minimum absolute atomic E-state index is 0.297. The van der Waals surface area contributed by atoms with Crippen LogP contribution in [0.1, 0.15) is 6.42 Å². The number of hydrazone groups is 1. The molecule has 5 heteroatoms. The fourth-order valence-corrected chi connectivity index (χ4v) is 7.97. The normalized spacial score (nSPS) is 65.7. The van der Waals surface area contributed by atoms with Crippen molar-refractivity contribution in [1.29, 1.82) is 0 Å². The van der Waals surface area contributed by atoms with Gasteiger partial charge in [0, 0.05) is 22.4 Å². The van der Waals surface area contributed by atoms with Gasteiger partial charge in [-0.05, 0) is 54.1 Å². The van der Waals surface area contributed by atoms with Crippen LogP contribution in [-0.4, -0.2) is 15.7 Å². The molecule has 0 unspecified atom stereocenters. The first-order valence-corrected chi connectivity index (χ1v) is 7.79. The van der Waals surface area contributed by atoms with E-state index in [4.69, 9.17) is 18.0 Å². The van der Waals surface area contributed by atoms with E-state index in [9.17, 15) is 0 Å². The highest BCUT2D eigenvalue weighted by Gasteiger charge is 2.82. The molecule has 3 nitrogen and oxygen atoms in total. The molecule has 0 aromatic rings. The molecule has 9 atom stereocenters. The van der Waals surface area contributed by atoms with Gasteiger partial charge in [0.25, 0.3) is 0 Å². The van der Waals surface area contributed by atoms with Crippen LogP contribution in [-0.2, 0) is 0 Å². The minimum atomic E-state index is 0.297. The van der Waals surface area contributed by atoms with Gasteiger partial charge in [-0.15, -0.1) is 0 Å². The van der Waals surface area contributed by atoms with E-state index in [2.05, 4.69) is 26.5 Å². The summed E-state index contributed by atoms with van der Waals surface area (Å²) in [5.41, 5.74) is 9.73. The van der Waals surface area contributed by atoms with Crippen LogP contribution in [0.4, 0.5) is 0 Å². The number of alkyl halides is 1. The van der Waals surface area contributed by atoms with E-state index in [-0.39, 0.29) is 0 Å².